The van der Waals surface area contributed by atoms with E-state index in [1.165, 1.54) is 6.08 Å². The number of amides is 1. The molecule has 0 saturated carbocycles. The number of benzene rings is 1. The minimum atomic E-state index is -0.109. The van der Waals surface area contributed by atoms with Gasteiger partial charge in [0, 0.05) is 17.7 Å². The van der Waals surface area contributed by atoms with Crippen LogP contribution in [-0.4, -0.2) is 21.7 Å². The van der Waals surface area contributed by atoms with Crippen molar-refractivity contribution in [3.63, 3.8) is 0 Å². The molecular weight excluding hydrogens is 322 g/mol. The number of nitrogens with one attached hydrogen (secondary N) is 1. The molecule has 2 rings (SSSR count). The molecule has 0 radical (unpaired) electrons. The largest absolute Gasteiger partial charge is 0.350 e. The number of halogens is 1. The average molecular weight is 346 g/mol. The lowest BCUT2D eigenvalue weighted by Crippen LogP contribution is -2.30. The molecule has 1 aromatic heterocycles. The standard InChI is InChI=1S/C19H24ClN3O/c1-4-8-14(2)21-18(24)12-11-17-15(3)22-23(19(17)20)13-16-9-6-5-7-10-16/h5-7,9-12,14H,4,8,13H2,1-3H3,(H,21,24)/b12-11+. The van der Waals surface area contributed by atoms with Gasteiger partial charge in [-0.05, 0) is 31.9 Å². The molecular formula is C19H24ClN3O. The van der Waals surface area contributed by atoms with Crippen molar-refractivity contribution in [1.82, 2.24) is 15.1 Å². The lowest BCUT2D eigenvalue weighted by Gasteiger charge is -2.10. The van der Waals surface area contributed by atoms with Gasteiger partial charge in [-0.15, -0.1) is 0 Å². The predicted molar refractivity (Wildman–Crippen MR) is 99.1 cm³/mol. The molecule has 5 heteroatoms. The van der Waals surface area contributed by atoms with Crippen LogP contribution in [0.4, 0.5) is 0 Å². The second-order valence-corrected chi connectivity index (χ2v) is 6.32. The molecule has 1 N–H and O–H groups in total. The molecule has 1 amide bonds. The van der Waals surface area contributed by atoms with E-state index in [-0.39, 0.29) is 11.9 Å². The Labute approximate surface area is 148 Å². The Morgan fingerprint density at radius 1 is 1.38 bits per heavy atom. The first-order valence-electron chi connectivity index (χ1n) is 8.26. The minimum absolute atomic E-state index is 0.109. The van der Waals surface area contributed by atoms with Gasteiger partial charge in [-0.1, -0.05) is 55.3 Å². The highest BCUT2D eigenvalue weighted by Gasteiger charge is 2.12. The molecule has 0 fully saturated rings. The lowest BCUT2D eigenvalue weighted by atomic mass is 10.2. The van der Waals surface area contributed by atoms with E-state index in [0.717, 1.165) is 29.7 Å². The summed E-state index contributed by atoms with van der Waals surface area (Å²) >= 11 is 6.44. The molecule has 0 aliphatic heterocycles. The number of aryl methyl sites for hydroxylation is 1. The van der Waals surface area contributed by atoms with E-state index >= 15 is 0 Å². The van der Waals surface area contributed by atoms with Crippen LogP contribution in [0.1, 0.15) is 43.5 Å². The van der Waals surface area contributed by atoms with E-state index < -0.39 is 0 Å². The summed E-state index contributed by atoms with van der Waals surface area (Å²) < 4.78 is 1.75. The molecule has 2 aromatic rings. The third-order valence-electron chi connectivity index (χ3n) is 3.80. The third-order valence-corrected chi connectivity index (χ3v) is 4.19. The van der Waals surface area contributed by atoms with E-state index in [2.05, 4.69) is 17.3 Å². The van der Waals surface area contributed by atoms with Gasteiger partial charge in [0.1, 0.15) is 5.15 Å². The summed E-state index contributed by atoms with van der Waals surface area (Å²) in [5.74, 6) is -0.109. The molecule has 0 bridgehead atoms. The molecule has 24 heavy (non-hydrogen) atoms. The summed E-state index contributed by atoms with van der Waals surface area (Å²) in [6.45, 7) is 6.60. The molecule has 4 nitrogen and oxygen atoms in total. The summed E-state index contributed by atoms with van der Waals surface area (Å²) in [6.07, 6.45) is 5.27. The van der Waals surface area contributed by atoms with Gasteiger partial charge in [-0.25, -0.2) is 4.68 Å². The van der Waals surface area contributed by atoms with Crippen molar-refractivity contribution in [2.45, 2.75) is 46.2 Å². The predicted octanol–water partition coefficient (Wildman–Crippen LogP) is 4.21. The van der Waals surface area contributed by atoms with E-state index in [1.807, 2.05) is 44.2 Å². The van der Waals surface area contributed by atoms with Gasteiger partial charge in [0.2, 0.25) is 5.91 Å². The number of aromatic nitrogens is 2. The van der Waals surface area contributed by atoms with Crippen molar-refractivity contribution >= 4 is 23.6 Å². The molecule has 1 aromatic carbocycles. The van der Waals surface area contributed by atoms with Crippen molar-refractivity contribution in [2.75, 3.05) is 0 Å². The molecule has 0 aliphatic rings. The van der Waals surface area contributed by atoms with Crippen LogP contribution in [0.2, 0.25) is 5.15 Å². The summed E-state index contributed by atoms with van der Waals surface area (Å²) in [7, 11) is 0. The number of nitrogens with zero attached hydrogens (tertiary/aromatic N) is 2. The van der Waals surface area contributed by atoms with Crippen LogP contribution in [0.15, 0.2) is 36.4 Å². The Balaban J connectivity index is 2.08. The van der Waals surface area contributed by atoms with Gasteiger partial charge in [-0.2, -0.15) is 5.10 Å². The fourth-order valence-electron chi connectivity index (χ4n) is 2.57. The molecule has 128 valence electrons. The molecule has 0 aliphatic carbocycles. The zero-order valence-electron chi connectivity index (χ0n) is 14.4. The molecule has 1 atom stereocenters. The Bertz CT molecular complexity index is 707. The number of hydrogen-bond donors (Lipinski definition) is 1. The maximum atomic E-state index is 12.0. The van der Waals surface area contributed by atoms with Gasteiger partial charge in [0.15, 0.2) is 0 Å². The first kappa shape index (κ1) is 18.3. The number of rotatable bonds is 7. The van der Waals surface area contributed by atoms with Gasteiger partial charge < -0.3 is 5.32 Å². The van der Waals surface area contributed by atoms with Crippen molar-refractivity contribution < 1.29 is 4.79 Å². The zero-order chi connectivity index (χ0) is 17.5. The lowest BCUT2D eigenvalue weighted by molar-refractivity contribution is -0.117. The Hall–Kier alpha value is -2.07. The van der Waals surface area contributed by atoms with Crippen LogP contribution < -0.4 is 5.32 Å². The van der Waals surface area contributed by atoms with Gasteiger partial charge >= 0.3 is 0 Å². The first-order chi connectivity index (χ1) is 11.5. The molecule has 1 unspecified atom stereocenters. The smallest absolute Gasteiger partial charge is 0.244 e. The minimum Gasteiger partial charge on any atom is -0.350 e. The molecule has 0 saturated heterocycles. The van der Waals surface area contributed by atoms with Crippen LogP contribution in [0, 0.1) is 6.92 Å². The summed E-state index contributed by atoms with van der Waals surface area (Å²) in [5, 5.41) is 7.96. The highest BCUT2D eigenvalue weighted by molar-refractivity contribution is 6.31. The van der Waals surface area contributed by atoms with E-state index in [4.69, 9.17) is 11.6 Å². The first-order valence-corrected chi connectivity index (χ1v) is 8.64. The maximum Gasteiger partial charge on any atom is 0.244 e. The zero-order valence-corrected chi connectivity index (χ0v) is 15.2. The molecule has 0 spiro atoms. The van der Waals surface area contributed by atoms with E-state index in [0.29, 0.717) is 11.7 Å². The summed E-state index contributed by atoms with van der Waals surface area (Å²) in [6, 6.07) is 10.2. The van der Waals surface area contributed by atoms with Crippen LogP contribution in [-0.2, 0) is 11.3 Å². The second-order valence-electron chi connectivity index (χ2n) is 5.96. The van der Waals surface area contributed by atoms with Gasteiger partial charge in [0.05, 0.1) is 12.2 Å². The van der Waals surface area contributed by atoms with Gasteiger partial charge in [-0.3, -0.25) is 4.79 Å². The topological polar surface area (TPSA) is 46.9 Å². The third kappa shape index (κ3) is 4.96. The van der Waals surface area contributed by atoms with Gasteiger partial charge in [0.25, 0.3) is 0 Å². The van der Waals surface area contributed by atoms with Crippen LogP contribution >= 0.6 is 11.6 Å². The molecule has 1 heterocycles. The number of carbonyl (C=O) groups is 1. The van der Waals surface area contributed by atoms with Crippen molar-refractivity contribution in [3.8, 4) is 0 Å². The van der Waals surface area contributed by atoms with Crippen LogP contribution in [0.3, 0.4) is 0 Å². The highest BCUT2D eigenvalue weighted by Crippen LogP contribution is 2.22. The van der Waals surface area contributed by atoms with E-state index in [9.17, 15) is 4.79 Å². The van der Waals surface area contributed by atoms with E-state index in [1.54, 1.807) is 10.8 Å². The normalized spacial score (nSPS) is 12.5. The number of hydrogen-bond acceptors (Lipinski definition) is 2. The van der Waals surface area contributed by atoms with Crippen molar-refractivity contribution in [2.24, 2.45) is 0 Å². The summed E-state index contributed by atoms with van der Waals surface area (Å²) in [5.41, 5.74) is 2.72. The fraction of sp³-hybridized carbons (Fsp3) is 0.368. The Morgan fingerprint density at radius 3 is 2.75 bits per heavy atom. The fourth-order valence-corrected chi connectivity index (χ4v) is 2.87. The van der Waals surface area contributed by atoms with Crippen LogP contribution in [0.25, 0.3) is 6.08 Å². The maximum absolute atomic E-state index is 12.0. The van der Waals surface area contributed by atoms with Crippen molar-refractivity contribution in [3.05, 3.63) is 58.4 Å². The Morgan fingerprint density at radius 2 is 2.08 bits per heavy atom. The average Bonchev–Trinajstić information content (AvgIpc) is 2.80. The SMILES string of the molecule is CCCC(C)NC(=O)/C=C/c1c(C)nn(Cc2ccccc2)c1Cl. The Kier molecular flexibility index (Phi) is 6.62. The quantitative estimate of drug-likeness (QED) is 0.764. The second kappa shape index (κ2) is 8.69. The monoisotopic (exact) mass is 345 g/mol. The van der Waals surface area contributed by atoms with Crippen molar-refractivity contribution in [1.29, 1.82) is 0 Å². The summed E-state index contributed by atoms with van der Waals surface area (Å²) in [4.78, 5) is 12.0. The van der Waals surface area contributed by atoms with Crippen LogP contribution in [0.5, 0.6) is 0 Å². The number of carbonyl (C=O) groups excluding carboxylic acids is 1. The highest BCUT2D eigenvalue weighted by atomic mass is 35.5.